The van der Waals surface area contributed by atoms with Crippen molar-refractivity contribution in [1.82, 2.24) is 10.2 Å². The van der Waals surface area contributed by atoms with Crippen LogP contribution in [0, 0.1) is 0 Å². The van der Waals surface area contributed by atoms with Gasteiger partial charge in [-0.3, -0.25) is 4.90 Å². The number of fused-ring (bicyclic) bond motifs is 1. The Kier molecular flexibility index (Phi) is 4.92. The molecule has 24 heavy (non-hydrogen) atoms. The van der Waals surface area contributed by atoms with Crippen LogP contribution >= 0.6 is 11.6 Å². The van der Waals surface area contributed by atoms with Gasteiger partial charge in [0.2, 0.25) is 0 Å². The Bertz CT molecular complexity index is 734. The molecular weight excluding hydrogens is 328 g/mol. The first-order chi connectivity index (χ1) is 11.5. The third-order valence-corrected chi connectivity index (χ3v) is 4.47. The first-order valence-electron chi connectivity index (χ1n) is 7.69. The molecule has 0 radical (unpaired) electrons. The van der Waals surface area contributed by atoms with E-state index >= 15 is 0 Å². The zero-order chi connectivity index (χ0) is 17.1. The summed E-state index contributed by atoms with van der Waals surface area (Å²) in [6.07, 6.45) is -0.748. The van der Waals surface area contributed by atoms with Gasteiger partial charge in [0.15, 0.2) is 0 Å². The Balaban J connectivity index is 1.76. The minimum atomic E-state index is -1.03. The Hall–Kier alpha value is -2.24. The molecule has 2 N–H and O–H groups in total. The molecule has 3 rings (SSSR count). The van der Waals surface area contributed by atoms with Gasteiger partial charge >= 0.3 is 6.09 Å². The van der Waals surface area contributed by atoms with E-state index in [-0.39, 0.29) is 6.17 Å². The molecule has 0 fully saturated rings. The van der Waals surface area contributed by atoms with Gasteiger partial charge in [-0.25, -0.2) is 4.79 Å². The van der Waals surface area contributed by atoms with Gasteiger partial charge in [-0.2, -0.15) is 0 Å². The van der Waals surface area contributed by atoms with Crippen molar-refractivity contribution in [2.75, 3.05) is 7.11 Å². The number of nitrogens with one attached hydrogen (secondary N) is 1. The molecule has 0 spiro atoms. The molecule has 1 aliphatic heterocycles. The molecule has 2 aromatic carbocycles. The zero-order valence-corrected chi connectivity index (χ0v) is 14.1. The first kappa shape index (κ1) is 16.6. The number of carbonyl (C=O) groups is 1. The van der Waals surface area contributed by atoms with Crippen LogP contribution in [0.4, 0.5) is 4.79 Å². The first-order valence-corrected chi connectivity index (χ1v) is 8.06. The lowest BCUT2D eigenvalue weighted by molar-refractivity contribution is 0.140. The van der Waals surface area contributed by atoms with E-state index < -0.39 is 6.09 Å². The number of hydrogen-bond donors (Lipinski definition) is 2. The van der Waals surface area contributed by atoms with E-state index in [1.165, 1.54) is 5.56 Å². The third-order valence-electron chi connectivity index (χ3n) is 4.23. The fourth-order valence-electron chi connectivity index (χ4n) is 3.01. The molecule has 1 heterocycles. The Morgan fingerprint density at radius 2 is 1.96 bits per heavy atom. The summed E-state index contributed by atoms with van der Waals surface area (Å²) < 4.78 is 5.16. The maximum absolute atomic E-state index is 11.2. The minimum Gasteiger partial charge on any atom is -0.497 e. The summed E-state index contributed by atoms with van der Waals surface area (Å²) >= 11 is 6.05. The maximum Gasteiger partial charge on any atom is 0.405 e. The van der Waals surface area contributed by atoms with Crippen LogP contribution in [-0.2, 0) is 19.5 Å². The highest BCUT2D eigenvalue weighted by Gasteiger charge is 2.27. The summed E-state index contributed by atoms with van der Waals surface area (Å²) in [7, 11) is 1.62. The normalized spacial score (nSPS) is 14.9. The van der Waals surface area contributed by atoms with Crippen molar-refractivity contribution in [1.29, 1.82) is 0 Å². The molecule has 1 atom stereocenters. The van der Waals surface area contributed by atoms with Crippen molar-refractivity contribution >= 4 is 17.7 Å². The molecule has 0 bridgehead atoms. The molecule has 1 unspecified atom stereocenters. The highest BCUT2D eigenvalue weighted by Crippen LogP contribution is 2.27. The van der Waals surface area contributed by atoms with Crippen LogP contribution in [0.2, 0.25) is 5.02 Å². The molecule has 0 aromatic heterocycles. The molecule has 5 nitrogen and oxygen atoms in total. The van der Waals surface area contributed by atoms with Gasteiger partial charge in [-0.15, -0.1) is 0 Å². The van der Waals surface area contributed by atoms with Crippen molar-refractivity contribution in [2.24, 2.45) is 0 Å². The fraction of sp³-hybridized carbons (Fsp3) is 0.278. The summed E-state index contributed by atoms with van der Waals surface area (Å²) in [5, 5.41) is 12.5. The van der Waals surface area contributed by atoms with Gasteiger partial charge in [0, 0.05) is 24.5 Å². The number of ether oxygens (including phenoxy) is 1. The van der Waals surface area contributed by atoms with E-state index in [0.29, 0.717) is 24.5 Å². The van der Waals surface area contributed by atoms with Crippen LogP contribution < -0.4 is 10.1 Å². The number of benzene rings is 2. The largest absolute Gasteiger partial charge is 0.497 e. The van der Waals surface area contributed by atoms with E-state index in [1.54, 1.807) is 7.11 Å². The third kappa shape index (κ3) is 3.80. The lowest BCUT2D eigenvalue weighted by Crippen LogP contribution is -2.46. The van der Waals surface area contributed by atoms with Crippen molar-refractivity contribution < 1.29 is 14.6 Å². The fourth-order valence-corrected chi connectivity index (χ4v) is 3.20. The zero-order valence-electron chi connectivity index (χ0n) is 13.3. The van der Waals surface area contributed by atoms with E-state index in [1.807, 2.05) is 42.5 Å². The molecule has 6 heteroatoms. The van der Waals surface area contributed by atoms with Gasteiger partial charge in [-0.1, -0.05) is 29.8 Å². The molecule has 2 aromatic rings. The molecular formula is C18H19ClN2O3. The van der Waals surface area contributed by atoms with Crippen LogP contribution in [-0.4, -0.2) is 29.4 Å². The Labute approximate surface area is 145 Å². The predicted octanol–water partition coefficient (Wildman–Crippen LogP) is 3.50. The lowest BCUT2D eigenvalue weighted by atomic mass is 10.1. The van der Waals surface area contributed by atoms with Crippen molar-refractivity contribution in [3.8, 4) is 5.75 Å². The van der Waals surface area contributed by atoms with E-state index in [9.17, 15) is 9.90 Å². The van der Waals surface area contributed by atoms with Gasteiger partial charge < -0.3 is 15.2 Å². The van der Waals surface area contributed by atoms with Crippen molar-refractivity contribution in [2.45, 2.75) is 25.7 Å². The summed E-state index contributed by atoms with van der Waals surface area (Å²) in [6, 6.07) is 13.5. The summed E-state index contributed by atoms with van der Waals surface area (Å²) in [4.78, 5) is 13.3. The molecule has 0 aliphatic carbocycles. The molecule has 0 saturated heterocycles. The standard InChI is InChI=1S/C18H19ClN2O3/c1-24-16-6-2-12(3-7-16)8-17(20-18(22)23)21-10-13-4-5-15(19)9-14(13)11-21/h2-7,9,17,20H,8,10-11H2,1H3,(H,22,23). The van der Waals surface area contributed by atoms with Crippen molar-refractivity contribution in [3.63, 3.8) is 0 Å². The predicted molar refractivity (Wildman–Crippen MR) is 92.3 cm³/mol. The Morgan fingerprint density at radius 1 is 1.25 bits per heavy atom. The average molecular weight is 347 g/mol. The minimum absolute atomic E-state index is 0.304. The Morgan fingerprint density at radius 3 is 2.62 bits per heavy atom. The number of amides is 1. The number of rotatable bonds is 5. The van der Waals surface area contributed by atoms with Crippen LogP contribution in [0.15, 0.2) is 42.5 Å². The van der Waals surface area contributed by atoms with Crippen LogP contribution in [0.1, 0.15) is 16.7 Å². The van der Waals surface area contributed by atoms with Crippen LogP contribution in [0.3, 0.4) is 0 Å². The van der Waals surface area contributed by atoms with E-state index in [4.69, 9.17) is 16.3 Å². The van der Waals surface area contributed by atoms with Crippen molar-refractivity contribution in [3.05, 3.63) is 64.2 Å². The van der Waals surface area contributed by atoms with Gasteiger partial charge in [0.25, 0.3) is 0 Å². The molecule has 126 valence electrons. The maximum atomic E-state index is 11.2. The second kappa shape index (κ2) is 7.11. The second-order valence-corrected chi connectivity index (χ2v) is 6.27. The summed E-state index contributed by atoms with van der Waals surface area (Å²) in [5.41, 5.74) is 3.38. The highest BCUT2D eigenvalue weighted by molar-refractivity contribution is 6.30. The SMILES string of the molecule is COc1ccc(CC(NC(=O)O)N2Cc3ccc(Cl)cc3C2)cc1. The highest BCUT2D eigenvalue weighted by atomic mass is 35.5. The van der Waals surface area contributed by atoms with E-state index in [2.05, 4.69) is 10.2 Å². The summed E-state index contributed by atoms with van der Waals surface area (Å²) in [5.74, 6) is 0.782. The second-order valence-electron chi connectivity index (χ2n) is 5.84. The van der Waals surface area contributed by atoms with Gasteiger partial charge in [0.1, 0.15) is 5.75 Å². The van der Waals surface area contributed by atoms with Gasteiger partial charge in [-0.05, 0) is 41.0 Å². The number of methoxy groups -OCH3 is 1. The van der Waals surface area contributed by atoms with Crippen LogP contribution in [0.5, 0.6) is 5.75 Å². The number of halogens is 1. The van der Waals surface area contributed by atoms with Gasteiger partial charge in [0.05, 0.1) is 13.3 Å². The average Bonchev–Trinajstić information content (AvgIpc) is 2.97. The monoisotopic (exact) mass is 346 g/mol. The van der Waals surface area contributed by atoms with Crippen LogP contribution in [0.25, 0.3) is 0 Å². The van der Waals surface area contributed by atoms with E-state index in [0.717, 1.165) is 16.9 Å². The quantitative estimate of drug-likeness (QED) is 0.869. The lowest BCUT2D eigenvalue weighted by Gasteiger charge is -2.27. The number of nitrogens with zero attached hydrogens (tertiary/aromatic N) is 1. The number of hydrogen-bond acceptors (Lipinski definition) is 3. The molecule has 1 aliphatic rings. The summed E-state index contributed by atoms with van der Waals surface area (Å²) in [6.45, 7) is 1.38. The topological polar surface area (TPSA) is 61.8 Å². The smallest absolute Gasteiger partial charge is 0.405 e. The molecule has 1 amide bonds. The molecule has 0 saturated carbocycles. The number of carboxylic acid groups (broad SMARTS) is 1.